The van der Waals surface area contributed by atoms with Crippen molar-refractivity contribution in [3.63, 3.8) is 0 Å². The van der Waals surface area contributed by atoms with Gasteiger partial charge in [0.15, 0.2) is 0 Å². The first-order valence-electron chi connectivity index (χ1n) is 10.8. The molecular formula is C24H32N2O4S. The van der Waals surface area contributed by atoms with Crippen molar-refractivity contribution in [2.24, 2.45) is 5.92 Å². The maximum Gasteiger partial charge on any atom is 0.223 e. The molecule has 1 saturated heterocycles. The highest BCUT2D eigenvalue weighted by Gasteiger charge is 2.31. The molecule has 1 N–H and O–H groups in total. The Bertz CT molecular complexity index is 998. The molecule has 168 valence electrons. The van der Waals surface area contributed by atoms with Gasteiger partial charge in [-0.25, -0.2) is 12.7 Å². The number of carbonyl (C=O) groups is 1. The molecule has 6 nitrogen and oxygen atoms in total. The number of para-hydroxylation sites is 1. The van der Waals surface area contributed by atoms with Crippen LogP contribution in [0.15, 0.2) is 48.5 Å². The fourth-order valence-corrected chi connectivity index (χ4v) is 5.39. The lowest BCUT2D eigenvalue weighted by atomic mass is 9.97. The van der Waals surface area contributed by atoms with Crippen LogP contribution in [0.2, 0.25) is 0 Å². The first-order chi connectivity index (χ1) is 14.7. The first kappa shape index (κ1) is 23.3. The lowest BCUT2D eigenvalue weighted by Gasteiger charge is -2.31. The molecule has 0 aliphatic carbocycles. The Morgan fingerprint density at radius 3 is 2.52 bits per heavy atom. The number of amides is 1. The molecule has 0 aromatic heterocycles. The number of piperidine rings is 1. The molecule has 2 aromatic rings. The number of nitrogens with one attached hydrogen (secondary N) is 1. The Hall–Kier alpha value is -2.38. The van der Waals surface area contributed by atoms with Crippen molar-refractivity contribution >= 4 is 15.9 Å². The molecule has 2 aromatic carbocycles. The van der Waals surface area contributed by atoms with Gasteiger partial charge in [-0.05, 0) is 50.8 Å². The van der Waals surface area contributed by atoms with Gasteiger partial charge in [0.05, 0.1) is 11.8 Å². The number of hydrogen-bond acceptors (Lipinski definition) is 4. The Morgan fingerprint density at radius 2 is 1.84 bits per heavy atom. The van der Waals surface area contributed by atoms with E-state index in [-0.39, 0.29) is 23.6 Å². The average molecular weight is 445 g/mol. The smallest absolute Gasteiger partial charge is 0.223 e. The van der Waals surface area contributed by atoms with Crippen LogP contribution < -0.4 is 10.1 Å². The van der Waals surface area contributed by atoms with Crippen LogP contribution in [-0.2, 0) is 20.6 Å². The molecule has 31 heavy (non-hydrogen) atoms. The minimum atomic E-state index is -3.39. The fraction of sp³-hybridized carbons (Fsp3) is 0.458. The van der Waals surface area contributed by atoms with Crippen LogP contribution in [0.25, 0.3) is 0 Å². The van der Waals surface area contributed by atoms with Crippen molar-refractivity contribution in [2.45, 2.75) is 45.4 Å². The number of carbonyl (C=O) groups excluding carboxylic acids is 1. The van der Waals surface area contributed by atoms with E-state index in [0.29, 0.717) is 32.5 Å². The van der Waals surface area contributed by atoms with Gasteiger partial charge in [0.2, 0.25) is 15.9 Å². The van der Waals surface area contributed by atoms with E-state index in [1.807, 2.05) is 69.3 Å². The zero-order valence-electron chi connectivity index (χ0n) is 18.5. The number of rotatable bonds is 8. The summed E-state index contributed by atoms with van der Waals surface area (Å²) in [5.41, 5.74) is 2.89. The molecule has 0 bridgehead atoms. The molecule has 0 saturated carbocycles. The fourth-order valence-electron chi connectivity index (χ4n) is 3.84. The molecule has 1 aliphatic rings. The largest absolute Gasteiger partial charge is 0.491 e. The van der Waals surface area contributed by atoms with Gasteiger partial charge in [-0.3, -0.25) is 4.79 Å². The second kappa shape index (κ2) is 10.3. The number of benzene rings is 2. The van der Waals surface area contributed by atoms with Gasteiger partial charge in [-0.1, -0.05) is 48.0 Å². The van der Waals surface area contributed by atoms with E-state index in [0.717, 1.165) is 22.4 Å². The standard InChI is InChI=1S/C24H32N2O4S/c1-18-7-6-9-21(15-18)17-31(28,29)26-13-11-22(12-14-26)24(27)25-20(3)16-30-23-10-5-4-8-19(23)2/h4-10,15,20,22H,11-14,16-17H2,1-3H3,(H,25,27)/t20-/m1/s1. The normalized spacial score (nSPS) is 16.6. The number of sulfonamides is 1. The van der Waals surface area contributed by atoms with E-state index in [1.54, 1.807) is 0 Å². The highest BCUT2D eigenvalue weighted by Crippen LogP contribution is 2.22. The van der Waals surface area contributed by atoms with Gasteiger partial charge in [-0.2, -0.15) is 0 Å². The van der Waals surface area contributed by atoms with Crippen molar-refractivity contribution < 1.29 is 17.9 Å². The molecule has 0 spiro atoms. The van der Waals surface area contributed by atoms with Crippen LogP contribution in [0.1, 0.15) is 36.5 Å². The molecule has 1 atom stereocenters. The molecule has 7 heteroatoms. The quantitative estimate of drug-likeness (QED) is 0.677. The lowest BCUT2D eigenvalue weighted by Crippen LogP contribution is -2.46. The first-order valence-corrected chi connectivity index (χ1v) is 12.4. The monoisotopic (exact) mass is 444 g/mol. The number of nitrogens with zero attached hydrogens (tertiary/aromatic N) is 1. The van der Waals surface area contributed by atoms with E-state index in [2.05, 4.69) is 5.32 Å². The summed E-state index contributed by atoms with van der Waals surface area (Å²) in [4.78, 5) is 12.6. The second-order valence-electron chi connectivity index (χ2n) is 8.40. The SMILES string of the molecule is Cc1cccc(CS(=O)(=O)N2CCC(C(=O)N[C@H](C)COc3ccccc3C)CC2)c1. The van der Waals surface area contributed by atoms with Gasteiger partial charge in [0, 0.05) is 19.0 Å². The van der Waals surface area contributed by atoms with Crippen LogP contribution in [0, 0.1) is 19.8 Å². The highest BCUT2D eigenvalue weighted by molar-refractivity contribution is 7.88. The lowest BCUT2D eigenvalue weighted by molar-refractivity contribution is -0.126. The van der Waals surface area contributed by atoms with E-state index in [9.17, 15) is 13.2 Å². The molecule has 1 aliphatic heterocycles. The van der Waals surface area contributed by atoms with E-state index >= 15 is 0 Å². The zero-order chi connectivity index (χ0) is 22.4. The summed E-state index contributed by atoms with van der Waals surface area (Å²) in [6, 6.07) is 15.2. The Labute approximate surface area is 185 Å². The Morgan fingerprint density at radius 1 is 1.13 bits per heavy atom. The van der Waals surface area contributed by atoms with Gasteiger partial charge >= 0.3 is 0 Å². The predicted octanol–water partition coefficient (Wildman–Crippen LogP) is 3.43. The van der Waals surface area contributed by atoms with Crippen molar-refractivity contribution in [1.82, 2.24) is 9.62 Å². The van der Waals surface area contributed by atoms with Crippen molar-refractivity contribution in [3.8, 4) is 5.75 Å². The summed E-state index contributed by atoms with van der Waals surface area (Å²) in [5.74, 6) is 0.609. The van der Waals surface area contributed by atoms with Crippen molar-refractivity contribution in [1.29, 1.82) is 0 Å². The van der Waals surface area contributed by atoms with Gasteiger partial charge < -0.3 is 10.1 Å². The van der Waals surface area contributed by atoms with Crippen LogP contribution in [0.3, 0.4) is 0 Å². The summed E-state index contributed by atoms with van der Waals surface area (Å²) in [5, 5.41) is 3.01. The minimum Gasteiger partial charge on any atom is -0.491 e. The summed E-state index contributed by atoms with van der Waals surface area (Å²) >= 11 is 0. The maximum atomic E-state index is 12.8. The average Bonchev–Trinajstić information content (AvgIpc) is 2.73. The van der Waals surface area contributed by atoms with E-state index < -0.39 is 10.0 Å². The molecule has 1 amide bonds. The van der Waals surface area contributed by atoms with Gasteiger partial charge in [0.1, 0.15) is 12.4 Å². The summed E-state index contributed by atoms with van der Waals surface area (Å²) in [6.45, 7) is 6.99. The van der Waals surface area contributed by atoms with Gasteiger partial charge in [0.25, 0.3) is 0 Å². The summed E-state index contributed by atoms with van der Waals surface area (Å²) in [6.07, 6.45) is 1.06. The van der Waals surface area contributed by atoms with Crippen LogP contribution in [0.5, 0.6) is 5.75 Å². The third-order valence-corrected chi connectivity index (χ3v) is 7.47. The Kier molecular flexibility index (Phi) is 7.73. The van der Waals surface area contributed by atoms with Gasteiger partial charge in [-0.15, -0.1) is 0 Å². The second-order valence-corrected chi connectivity index (χ2v) is 10.4. The van der Waals surface area contributed by atoms with Crippen molar-refractivity contribution in [2.75, 3.05) is 19.7 Å². The third-order valence-electron chi connectivity index (χ3n) is 5.62. The summed E-state index contributed by atoms with van der Waals surface area (Å²) < 4.78 is 32.9. The Balaban J connectivity index is 1.46. The molecule has 1 fully saturated rings. The molecular weight excluding hydrogens is 412 g/mol. The highest BCUT2D eigenvalue weighted by atomic mass is 32.2. The predicted molar refractivity (Wildman–Crippen MR) is 122 cm³/mol. The van der Waals surface area contributed by atoms with Crippen molar-refractivity contribution in [3.05, 3.63) is 65.2 Å². The number of ether oxygens (including phenoxy) is 1. The summed E-state index contributed by atoms with van der Waals surface area (Å²) in [7, 11) is -3.39. The third kappa shape index (κ3) is 6.55. The molecule has 1 heterocycles. The van der Waals surface area contributed by atoms with Crippen LogP contribution in [0.4, 0.5) is 0 Å². The van der Waals surface area contributed by atoms with E-state index in [4.69, 9.17) is 4.74 Å². The number of hydrogen-bond donors (Lipinski definition) is 1. The molecule has 3 rings (SSSR count). The number of aryl methyl sites for hydroxylation is 2. The molecule has 0 unspecified atom stereocenters. The van der Waals surface area contributed by atoms with Crippen LogP contribution in [-0.4, -0.2) is 44.4 Å². The minimum absolute atomic E-state index is 0.00117. The van der Waals surface area contributed by atoms with Crippen LogP contribution >= 0.6 is 0 Å². The molecule has 0 radical (unpaired) electrons. The zero-order valence-corrected chi connectivity index (χ0v) is 19.3. The van der Waals surface area contributed by atoms with E-state index in [1.165, 1.54) is 4.31 Å². The topological polar surface area (TPSA) is 75.7 Å². The maximum absolute atomic E-state index is 12.8.